The van der Waals surface area contributed by atoms with E-state index < -0.39 is 54.3 Å². The number of hydrogen-bond acceptors (Lipinski definition) is 11. The number of H-pyrrole nitrogens is 2. The molecule has 0 aliphatic carbocycles. The molecule has 2 saturated heterocycles. The molecule has 0 bridgehead atoms. The molecule has 6 N–H and O–H groups in total. The Bertz CT molecular complexity index is 2290. The van der Waals surface area contributed by atoms with E-state index in [0.717, 1.165) is 45.1 Å². The fourth-order valence-corrected chi connectivity index (χ4v) is 7.53. The van der Waals surface area contributed by atoms with Crippen molar-refractivity contribution in [2.75, 3.05) is 40.5 Å². The molecule has 0 radical (unpaired) electrons. The molecule has 2 fully saturated rings. The van der Waals surface area contributed by atoms with Crippen LogP contribution in [-0.4, -0.2) is 129 Å². The zero-order valence-electron chi connectivity index (χ0n) is 32.0. The van der Waals surface area contributed by atoms with Gasteiger partial charge in [-0.1, -0.05) is 30.3 Å². The monoisotopic (exact) mass is 782 g/mol. The van der Waals surface area contributed by atoms with E-state index in [1.807, 2.05) is 36.4 Å². The number of fused-ring (bicyclic) bond motifs is 2. The van der Waals surface area contributed by atoms with Gasteiger partial charge in [0.05, 0.1) is 68.6 Å². The SMILES string of the molecule is COC(=O)NC(C(=O)N1CCCC1c1ncc(-c2ccc3cc(-c4ccc5nc(C6COCCN6C(=O)C(NC(=O)OC)C(C)O)[nH]c5c4)ccc3c2)[nH]1)C(C)O. The van der Waals surface area contributed by atoms with Crippen molar-refractivity contribution >= 4 is 45.8 Å². The third-order valence-corrected chi connectivity index (χ3v) is 10.6. The number of ether oxygens (including phenoxy) is 3. The normalized spacial score (nSPS) is 19.2. The second-order valence-corrected chi connectivity index (χ2v) is 14.3. The van der Waals surface area contributed by atoms with E-state index in [9.17, 15) is 29.4 Å². The van der Waals surface area contributed by atoms with Crippen molar-refractivity contribution in [2.45, 2.75) is 63.1 Å². The van der Waals surface area contributed by atoms with Crippen LogP contribution in [0.1, 0.15) is 50.4 Å². The van der Waals surface area contributed by atoms with Gasteiger partial charge in [-0.05, 0) is 72.9 Å². The summed E-state index contributed by atoms with van der Waals surface area (Å²) in [5, 5.41) is 27.5. The van der Waals surface area contributed by atoms with Crippen molar-refractivity contribution in [1.82, 2.24) is 40.4 Å². The minimum absolute atomic E-state index is 0.189. The lowest BCUT2D eigenvalue weighted by atomic mass is 9.99. The van der Waals surface area contributed by atoms with Crippen molar-refractivity contribution < 1.29 is 43.6 Å². The maximum Gasteiger partial charge on any atom is 0.407 e. The molecule has 2 aliphatic rings. The highest BCUT2D eigenvalue weighted by Gasteiger charge is 2.39. The summed E-state index contributed by atoms with van der Waals surface area (Å²) in [4.78, 5) is 70.1. The highest BCUT2D eigenvalue weighted by atomic mass is 16.5. The van der Waals surface area contributed by atoms with Gasteiger partial charge in [0.25, 0.3) is 0 Å². The summed E-state index contributed by atoms with van der Waals surface area (Å²) in [5.41, 5.74) is 5.15. The summed E-state index contributed by atoms with van der Waals surface area (Å²) in [7, 11) is 2.39. The molecule has 5 aromatic rings. The first-order valence-electron chi connectivity index (χ1n) is 18.8. The number of aliphatic hydroxyl groups excluding tert-OH is 2. The van der Waals surface area contributed by atoms with Crippen LogP contribution in [0, 0.1) is 0 Å². The number of morpholine rings is 1. The fraction of sp³-hybridized carbons (Fsp3) is 0.400. The molecule has 4 amide bonds. The van der Waals surface area contributed by atoms with Gasteiger partial charge in [0.2, 0.25) is 11.8 Å². The predicted octanol–water partition coefficient (Wildman–Crippen LogP) is 3.55. The van der Waals surface area contributed by atoms with E-state index >= 15 is 0 Å². The Morgan fingerprint density at radius 3 is 2.04 bits per heavy atom. The summed E-state index contributed by atoms with van der Waals surface area (Å²) < 4.78 is 15.0. The second kappa shape index (κ2) is 16.6. The molecule has 0 saturated carbocycles. The molecular weight excluding hydrogens is 736 g/mol. The highest BCUT2D eigenvalue weighted by molar-refractivity contribution is 5.92. The number of likely N-dealkylation sites (tertiary alicyclic amines) is 1. The number of nitrogens with zero attached hydrogens (tertiary/aromatic N) is 4. The average molecular weight is 783 g/mol. The van der Waals surface area contributed by atoms with E-state index in [1.54, 1.807) is 16.0 Å². The number of aliphatic hydroxyl groups is 2. The predicted molar refractivity (Wildman–Crippen MR) is 208 cm³/mol. The van der Waals surface area contributed by atoms with Gasteiger partial charge in [-0.2, -0.15) is 0 Å². The van der Waals surface area contributed by atoms with E-state index in [-0.39, 0.29) is 19.2 Å². The Morgan fingerprint density at radius 2 is 1.39 bits per heavy atom. The second-order valence-electron chi connectivity index (χ2n) is 14.3. The van der Waals surface area contributed by atoms with Crippen LogP contribution in [0.5, 0.6) is 0 Å². The minimum Gasteiger partial charge on any atom is -0.453 e. The molecule has 6 unspecified atom stereocenters. The Balaban J connectivity index is 1.08. The third kappa shape index (κ3) is 8.12. The van der Waals surface area contributed by atoms with Crippen LogP contribution in [0.4, 0.5) is 9.59 Å². The lowest BCUT2D eigenvalue weighted by Gasteiger charge is -2.37. The number of carbonyl (C=O) groups excluding carboxylic acids is 4. The third-order valence-electron chi connectivity index (χ3n) is 10.6. The number of methoxy groups -OCH3 is 2. The van der Waals surface area contributed by atoms with Crippen molar-refractivity contribution in [2.24, 2.45) is 0 Å². The first-order valence-corrected chi connectivity index (χ1v) is 18.8. The van der Waals surface area contributed by atoms with Crippen LogP contribution in [0.2, 0.25) is 0 Å². The van der Waals surface area contributed by atoms with Crippen LogP contribution in [0.25, 0.3) is 44.2 Å². The number of hydrogen-bond donors (Lipinski definition) is 6. The van der Waals surface area contributed by atoms with Crippen LogP contribution in [-0.2, 0) is 23.8 Å². The van der Waals surface area contributed by atoms with Crippen LogP contribution in [0.15, 0.2) is 60.8 Å². The van der Waals surface area contributed by atoms with Gasteiger partial charge in [0.15, 0.2) is 0 Å². The largest absolute Gasteiger partial charge is 0.453 e. The van der Waals surface area contributed by atoms with Gasteiger partial charge in [-0.15, -0.1) is 0 Å². The van der Waals surface area contributed by atoms with E-state index in [1.165, 1.54) is 28.1 Å². The van der Waals surface area contributed by atoms with Crippen LogP contribution >= 0.6 is 0 Å². The van der Waals surface area contributed by atoms with Crippen molar-refractivity contribution in [1.29, 1.82) is 0 Å². The molecule has 4 heterocycles. The first-order chi connectivity index (χ1) is 27.4. The van der Waals surface area contributed by atoms with Crippen molar-refractivity contribution in [3.63, 3.8) is 0 Å². The molecule has 3 aromatic carbocycles. The summed E-state index contributed by atoms with van der Waals surface area (Å²) >= 11 is 0. The maximum absolute atomic E-state index is 13.6. The number of alkyl carbamates (subject to hydrolysis) is 2. The number of nitrogens with one attached hydrogen (secondary N) is 4. The Hall–Kier alpha value is -6.04. The Morgan fingerprint density at radius 1 is 0.789 bits per heavy atom. The molecule has 7 rings (SSSR count). The number of aromatic amines is 2. The standard InChI is InChI=1S/C40H46N8O9/c1-21(49)33(45-39(53)55-3)37(51)47-13-5-6-31(47)35-41-19-30(44-35)27-10-9-23-16-24(7-8-25(23)17-27)26-11-12-28-29(18-26)43-36(42-28)32-20-57-15-14-48(32)38(52)34(22(2)50)46-40(54)56-4/h7-12,16-19,21-22,31-34,49-50H,5-6,13-15,20H2,1-4H3,(H,41,44)(H,42,43)(H,45,53)(H,46,54). The average Bonchev–Trinajstić information content (AvgIpc) is 4.01. The lowest BCUT2D eigenvalue weighted by molar-refractivity contribution is -0.145. The smallest absolute Gasteiger partial charge is 0.407 e. The van der Waals surface area contributed by atoms with Gasteiger partial charge in [-0.25, -0.2) is 19.6 Å². The first kappa shape index (κ1) is 39.2. The molecule has 17 nitrogen and oxygen atoms in total. The van der Waals surface area contributed by atoms with E-state index in [2.05, 4.69) is 53.3 Å². The van der Waals surface area contributed by atoms with Crippen LogP contribution < -0.4 is 10.6 Å². The van der Waals surface area contributed by atoms with E-state index in [0.29, 0.717) is 36.7 Å². The molecule has 57 heavy (non-hydrogen) atoms. The van der Waals surface area contributed by atoms with Gasteiger partial charge >= 0.3 is 12.2 Å². The molecule has 17 heteroatoms. The maximum atomic E-state index is 13.6. The molecule has 300 valence electrons. The topological polar surface area (TPSA) is 224 Å². The number of imidazole rings is 2. The van der Waals surface area contributed by atoms with E-state index in [4.69, 9.17) is 9.72 Å². The zero-order chi connectivity index (χ0) is 40.4. The number of rotatable bonds is 10. The molecular formula is C40H46N8O9. The molecule has 0 spiro atoms. The number of benzene rings is 3. The lowest BCUT2D eigenvalue weighted by Crippen LogP contribution is -2.56. The fourth-order valence-electron chi connectivity index (χ4n) is 7.53. The summed E-state index contributed by atoms with van der Waals surface area (Å²) in [6.45, 7) is 4.09. The molecule has 2 aromatic heterocycles. The van der Waals surface area contributed by atoms with Gasteiger partial charge in [0.1, 0.15) is 29.8 Å². The zero-order valence-corrected chi connectivity index (χ0v) is 32.0. The highest BCUT2D eigenvalue weighted by Crippen LogP contribution is 2.34. The van der Waals surface area contributed by atoms with Crippen molar-refractivity contribution in [3.8, 4) is 22.4 Å². The Labute approximate surface area is 327 Å². The molecule has 6 atom stereocenters. The minimum atomic E-state index is -1.20. The van der Waals surface area contributed by atoms with Gasteiger partial charge in [0, 0.05) is 18.7 Å². The van der Waals surface area contributed by atoms with Gasteiger partial charge in [-0.3, -0.25) is 9.59 Å². The molecule has 2 aliphatic heterocycles. The number of aromatic nitrogens is 4. The number of amides is 4. The number of carbonyl (C=O) groups is 4. The van der Waals surface area contributed by atoms with Gasteiger partial charge < -0.3 is 54.8 Å². The summed E-state index contributed by atoms with van der Waals surface area (Å²) in [5.74, 6) is 0.278. The van der Waals surface area contributed by atoms with Crippen molar-refractivity contribution in [3.05, 3.63) is 72.4 Å². The summed E-state index contributed by atoms with van der Waals surface area (Å²) in [6.07, 6.45) is -0.708. The quantitative estimate of drug-likeness (QED) is 0.120. The Kier molecular flexibility index (Phi) is 11.4. The van der Waals surface area contributed by atoms with Crippen LogP contribution in [0.3, 0.4) is 0 Å². The summed E-state index contributed by atoms with van der Waals surface area (Å²) in [6, 6.07) is 15.0.